The molecule has 0 aliphatic carbocycles. The van der Waals surface area contributed by atoms with Crippen molar-refractivity contribution < 1.29 is 22.7 Å². The molecule has 1 saturated heterocycles. The Morgan fingerprint density at radius 1 is 1.31 bits per heavy atom. The minimum absolute atomic E-state index is 0.0120. The van der Waals surface area contributed by atoms with Crippen LogP contribution in [0.4, 0.5) is 18.9 Å². The maximum atomic E-state index is 12.8. The minimum Gasteiger partial charge on any atom is -0.473 e. The summed E-state index contributed by atoms with van der Waals surface area (Å²) in [6.45, 7) is 0. The van der Waals surface area contributed by atoms with Crippen LogP contribution in [0, 0.1) is 0 Å². The van der Waals surface area contributed by atoms with E-state index in [1.807, 2.05) is 0 Å². The van der Waals surface area contributed by atoms with E-state index in [1.54, 1.807) is 17.8 Å². The number of nitrogens with one attached hydrogen (secondary N) is 1. The Hall–Kier alpha value is -1.93. The highest BCUT2D eigenvalue weighted by molar-refractivity contribution is 7.99. The summed E-state index contributed by atoms with van der Waals surface area (Å²) in [5.74, 6) is 1.74. The van der Waals surface area contributed by atoms with Gasteiger partial charge in [-0.15, -0.1) is 0 Å². The molecule has 26 heavy (non-hydrogen) atoms. The Bertz CT molecular complexity index is 794. The first-order valence-electron chi connectivity index (χ1n) is 7.71. The molecule has 2 heterocycles. The van der Waals surface area contributed by atoms with E-state index in [4.69, 9.17) is 16.3 Å². The standard InChI is InChI=1S/C17H14ClF3N2O2S/c18-13-3-2-11(17(19,20)21)7-14(13)23-16(24)10-1-4-15(22-8-10)25-12-5-6-26-9-12/h1-4,7-8,12H,5-6,9H2,(H,23,24)/t12-/m1/s1. The molecule has 0 bridgehead atoms. The molecule has 1 aromatic heterocycles. The highest BCUT2D eigenvalue weighted by atomic mass is 35.5. The van der Waals surface area contributed by atoms with Gasteiger partial charge < -0.3 is 10.1 Å². The number of halogens is 4. The molecule has 1 aliphatic heterocycles. The van der Waals surface area contributed by atoms with Crippen molar-refractivity contribution in [2.24, 2.45) is 0 Å². The Balaban J connectivity index is 1.69. The summed E-state index contributed by atoms with van der Waals surface area (Å²) in [5, 5.41) is 2.39. The van der Waals surface area contributed by atoms with Gasteiger partial charge in [-0.25, -0.2) is 4.98 Å². The quantitative estimate of drug-likeness (QED) is 0.791. The van der Waals surface area contributed by atoms with Crippen molar-refractivity contribution in [3.05, 3.63) is 52.7 Å². The molecule has 0 radical (unpaired) electrons. The van der Waals surface area contributed by atoms with E-state index in [0.717, 1.165) is 36.1 Å². The zero-order valence-electron chi connectivity index (χ0n) is 13.3. The second-order valence-electron chi connectivity index (χ2n) is 5.64. The zero-order chi connectivity index (χ0) is 18.7. The van der Waals surface area contributed by atoms with E-state index in [0.29, 0.717) is 5.88 Å². The van der Waals surface area contributed by atoms with Crippen molar-refractivity contribution in [3.8, 4) is 5.88 Å². The number of thioether (sulfide) groups is 1. The number of hydrogen-bond acceptors (Lipinski definition) is 4. The number of alkyl halides is 3. The number of amides is 1. The number of aromatic nitrogens is 1. The molecule has 1 amide bonds. The zero-order valence-corrected chi connectivity index (χ0v) is 14.9. The summed E-state index contributed by atoms with van der Waals surface area (Å²) in [4.78, 5) is 16.3. The largest absolute Gasteiger partial charge is 0.473 e. The molecule has 0 spiro atoms. The molecule has 1 atom stereocenters. The summed E-state index contributed by atoms with van der Waals surface area (Å²) in [7, 11) is 0. The predicted octanol–water partition coefficient (Wildman–Crippen LogP) is 4.89. The van der Waals surface area contributed by atoms with Crippen LogP contribution in [0.25, 0.3) is 0 Å². The fourth-order valence-corrected chi connectivity index (χ4v) is 3.61. The van der Waals surface area contributed by atoms with Crippen LogP contribution in [-0.2, 0) is 6.18 Å². The van der Waals surface area contributed by atoms with Gasteiger partial charge in [0.15, 0.2) is 0 Å². The van der Waals surface area contributed by atoms with E-state index in [2.05, 4.69) is 10.3 Å². The number of hydrogen-bond donors (Lipinski definition) is 1. The van der Waals surface area contributed by atoms with Crippen molar-refractivity contribution in [2.45, 2.75) is 18.7 Å². The molecular weight excluding hydrogens is 389 g/mol. The van der Waals surface area contributed by atoms with Crippen LogP contribution in [0.1, 0.15) is 22.3 Å². The number of pyridine rings is 1. The molecule has 138 valence electrons. The molecule has 4 nitrogen and oxygen atoms in total. The van der Waals surface area contributed by atoms with Crippen LogP contribution in [0.5, 0.6) is 5.88 Å². The first-order chi connectivity index (χ1) is 12.3. The SMILES string of the molecule is O=C(Nc1cc(C(F)(F)F)ccc1Cl)c1ccc(O[C@@H]2CCSC2)nc1. The third-order valence-electron chi connectivity index (χ3n) is 3.72. The van der Waals surface area contributed by atoms with E-state index >= 15 is 0 Å². The number of benzene rings is 1. The molecule has 9 heteroatoms. The van der Waals surface area contributed by atoms with Crippen LogP contribution in [-0.4, -0.2) is 28.5 Å². The number of nitrogens with zero attached hydrogens (tertiary/aromatic N) is 1. The minimum atomic E-state index is -4.52. The van der Waals surface area contributed by atoms with Crippen molar-refractivity contribution in [1.82, 2.24) is 4.98 Å². The Morgan fingerprint density at radius 2 is 2.12 bits per heavy atom. The lowest BCUT2D eigenvalue weighted by Crippen LogP contribution is -2.16. The van der Waals surface area contributed by atoms with Gasteiger partial charge in [0.25, 0.3) is 5.91 Å². The number of ether oxygens (including phenoxy) is 1. The van der Waals surface area contributed by atoms with Crippen LogP contribution >= 0.6 is 23.4 Å². The molecule has 1 N–H and O–H groups in total. The van der Waals surface area contributed by atoms with Crippen LogP contribution in [0.15, 0.2) is 36.5 Å². The summed E-state index contributed by atoms with van der Waals surface area (Å²) in [5.41, 5.74) is -0.824. The first kappa shape index (κ1) is 18.8. The second-order valence-corrected chi connectivity index (χ2v) is 7.19. The lowest BCUT2D eigenvalue weighted by atomic mass is 10.2. The Kier molecular flexibility index (Phi) is 5.62. The Labute approximate surface area is 157 Å². The molecule has 1 aliphatic rings. The smallest absolute Gasteiger partial charge is 0.416 e. The lowest BCUT2D eigenvalue weighted by Gasteiger charge is -2.13. The maximum Gasteiger partial charge on any atom is 0.416 e. The topological polar surface area (TPSA) is 51.2 Å². The van der Waals surface area contributed by atoms with Gasteiger partial charge in [-0.1, -0.05) is 11.6 Å². The third-order valence-corrected chi connectivity index (χ3v) is 5.18. The molecule has 1 fully saturated rings. The van der Waals surface area contributed by atoms with Gasteiger partial charge in [0.05, 0.1) is 21.8 Å². The summed E-state index contributed by atoms with van der Waals surface area (Å²) >= 11 is 7.68. The van der Waals surface area contributed by atoms with Gasteiger partial charge in [-0.05, 0) is 36.4 Å². The van der Waals surface area contributed by atoms with E-state index < -0.39 is 17.6 Å². The van der Waals surface area contributed by atoms with E-state index in [9.17, 15) is 18.0 Å². The second kappa shape index (κ2) is 7.75. The highest BCUT2D eigenvalue weighted by Crippen LogP contribution is 2.34. The fraction of sp³-hybridized carbons (Fsp3) is 0.294. The van der Waals surface area contributed by atoms with Crippen LogP contribution < -0.4 is 10.1 Å². The number of rotatable bonds is 4. The van der Waals surface area contributed by atoms with E-state index in [1.165, 1.54) is 12.3 Å². The highest BCUT2D eigenvalue weighted by Gasteiger charge is 2.31. The summed E-state index contributed by atoms with van der Waals surface area (Å²) in [6, 6.07) is 5.80. The maximum absolute atomic E-state index is 12.8. The van der Waals surface area contributed by atoms with Gasteiger partial charge in [-0.3, -0.25) is 4.79 Å². The van der Waals surface area contributed by atoms with Crippen molar-refractivity contribution in [1.29, 1.82) is 0 Å². The fourth-order valence-electron chi connectivity index (χ4n) is 2.35. The van der Waals surface area contributed by atoms with Crippen LogP contribution in [0.2, 0.25) is 5.02 Å². The molecule has 2 aromatic rings. The van der Waals surface area contributed by atoms with Gasteiger partial charge >= 0.3 is 6.18 Å². The molecule has 0 saturated carbocycles. The molecule has 0 unspecified atom stereocenters. The average molecular weight is 403 g/mol. The molecule has 1 aromatic carbocycles. The van der Waals surface area contributed by atoms with Crippen molar-refractivity contribution in [2.75, 3.05) is 16.8 Å². The van der Waals surface area contributed by atoms with Gasteiger partial charge in [0.2, 0.25) is 5.88 Å². The summed E-state index contributed by atoms with van der Waals surface area (Å²) < 4.78 is 44.1. The number of carbonyl (C=O) groups is 1. The molecule has 3 rings (SSSR count). The normalized spacial score (nSPS) is 17.2. The van der Waals surface area contributed by atoms with Gasteiger partial charge in [0.1, 0.15) is 6.10 Å². The lowest BCUT2D eigenvalue weighted by molar-refractivity contribution is -0.137. The van der Waals surface area contributed by atoms with Gasteiger partial charge in [0, 0.05) is 18.0 Å². The molecular formula is C17H14ClF3N2O2S. The number of carbonyl (C=O) groups excluding carboxylic acids is 1. The summed E-state index contributed by atoms with van der Waals surface area (Å²) in [6.07, 6.45) is -2.16. The van der Waals surface area contributed by atoms with Crippen LogP contribution in [0.3, 0.4) is 0 Å². The monoisotopic (exact) mass is 402 g/mol. The van der Waals surface area contributed by atoms with Crippen molar-refractivity contribution >= 4 is 35.0 Å². The van der Waals surface area contributed by atoms with Gasteiger partial charge in [-0.2, -0.15) is 24.9 Å². The first-order valence-corrected chi connectivity index (χ1v) is 9.25. The van der Waals surface area contributed by atoms with Crippen molar-refractivity contribution in [3.63, 3.8) is 0 Å². The number of anilines is 1. The Morgan fingerprint density at radius 3 is 2.73 bits per heavy atom. The van der Waals surface area contributed by atoms with E-state index in [-0.39, 0.29) is 22.4 Å². The average Bonchev–Trinajstić information content (AvgIpc) is 3.09. The predicted molar refractivity (Wildman–Crippen MR) is 95.0 cm³/mol. The third kappa shape index (κ3) is 4.62.